The van der Waals surface area contributed by atoms with E-state index in [1.807, 2.05) is 24.3 Å². The van der Waals surface area contributed by atoms with E-state index in [4.69, 9.17) is 14.7 Å². The minimum atomic E-state index is -0.362. The number of unbranched alkanes of at least 4 members (excludes halogenated alkanes) is 3. The van der Waals surface area contributed by atoms with Crippen molar-refractivity contribution in [2.75, 3.05) is 6.61 Å². The highest BCUT2D eigenvalue weighted by molar-refractivity contribution is 5.86. The number of carbonyl (C=O) groups is 2. The molecule has 0 fully saturated rings. The largest absolute Gasteiger partial charge is 0.462 e. The van der Waals surface area contributed by atoms with E-state index < -0.39 is 0 Å². The SMILES string of the molecule is C=C(C)C(=O)OCCCCCCC(=O)Oc1ccc(-c2ccc(C#N)cc2)cc1. The molecule has 0 bridgehead atoms. The van der Waals surface area contributed by atoms with Crippen LogP contribution in [0.2, 0.25) is 0 Å². The second-order valence-electron chi connectivity index (χ2n) is 6.77. The van der Waals surface area contributed by atoms with Gasteiger partial charge in [-0.2, -0.15) is 5.26 Å². The summed E-state index contributed by atoms with van der Waals surface area (Å²) in [7, 11) is 0. The quantitative estimate of drug-likeness (QED) is 0.241. The summed E-state index contributed by atoms with van der Waals surface area (Å²) < 4.78 is 10.4. The van der Waals surface area contributed by atoms with Crippen molar-refractivity contribution in [1.82, 2.24) is 0 Å². The number of esters is 2. The van der Waals surface area contributed by atoms with Crippen LogP contribution in [-0.4, -0.2) is 18.5 Å². The fourth-order valence-corrected chi connectivity index (χ4v) is 2.65. The number of nitrogens with zero attached hydrogens (tertiary/aromatic N) is 1. The molecule has 0 spiro atoms. The zero-order valence-electron chi connectivity index (χ0n) is 16.6. The summed E-state index contributed by atoms with van der Waals surface area (Å²) in [5.74, 6) is -0.109. The van der Waals surface area contributed by atoms with Gasteiger partial charge in [0, 0.05) is 12.0 Å². The predicted molar refractivity (Wildman–Crippen MR) is 111 cm³/mol. The van der Waals surface area contributed by atoms with E-state index in [2.05, 4.69) is 12.6 Å². The van der Waals surface area contributed by atoms with Crippen molar-refractivity contribution in [1.29, 1.82) is 5.26 Å². The van der Waals surface area contributed by atoms with Gasteiger partial charge in [0.25, 0.3) is 0 Å². The van der Waals surface area contributed by atoms with Crippen molar-refractivity contribution in [2.45, 2.75) is 39.0 Å². The minimum absolute atomic E-state index is 0.259. The highest BCUT2D eigenvalue weighted by Crippen LogP contribution is 2.23. The first kappa shape index (κ1) is 21.9. The van der Waals surface area contributed by atoms with Gasteiger partial charge in [-0.05, 0) is 55.2 Å². The van der Waals surface area contributed by atoms with Crippen molar-refractivity contribution < 1.29 is 19.1 Å². The monoisotopic (exact) mass is 391 g/mol. The second kappa shape index (κ2) is 11.5. The number of rotatable bonds is 10. The molecule has 0 unspecified atom stereocenters. The lowest BCUT2D eigenvalue weighted by Crippen LogP contribution is -2.08. The summed E-state index contributed by atoms with van der Waals surface area (Å²) in [6.45, 7) is 5.52. The smallest absolute Gasteiger partial charge is 0.333 e. The maximum absolute atomic E-state index is 12.0. The number of benzene rings is 2. The molecular formula is C24H25NO4. The highest BCUT2D eigenvalue weighted by Gasteiger charge is 2.06. The van der Waals surface area contributed by atoms with Gasteiger partial charge >= 0.3 is 11.9 Å². The number of carbonyl (C=O) groups excluding carboxylic acids is 2. The Bertz CT molecular complexity index is 877. The molecule has 5 nitrogen and oxygen atoms in total. The minimum Gasteiger partial charge on any atom is -0.462 e. The third kappa shape index (κ3) is 7.63. The van der Waals surface area contributed by atoms with E-state index in [0.717, 1.165) is 36.8 Å². The zero-order chi connectivity index (χ0) is 21.1. The van der Waals surface area contributed by atoms with E-state index in [1.165, 1.54) is 0 Å². The average Bonchev–Trinajstić information content (AvgIpc) is 2.73. The molecule has 0 saturated heterocycles. The van der Waals surface area contributed by atoms with Gasteiger partial charge in [-0.15, -0.1) is 0 Å². The van der Waals surface area contributed by atoms with Crippen molar-refractivity contribution in [3.8, 4) is 22.9 Å². The molecule has 0 aliphatic carbocycles. The van der Waals surface area contributed by atoms with Gasteiger partial charge in [0.05, 0.1) is 18.2 Å². The molecule has 0 amide bonds. The van der Waals surface area contributed by atoms with E-state index in [9.17, 15) is 9.59 Å². The van der Waals surface area contributed by atoms with Gasteiger partial charge in [-0.1, -0.05) is 43.7 Å². The molecule has 0 saturated carbocycles. The van der Waals surface area contributed by atoms with Crippen molar-refractivity contribution >= 4 is 11.9 Å². The van der Waals surface area contributed by atoms with Crippen molar-refractivity contribution in [3.05, 3.63) is 66.2 Å². The lowest BCUT2D eigenvalue weighted by atomic mass is 10.0. The van der Waals surface area contributed by atoms with Crippen LogP contribution in [0.1, 0.15) is 44.6 Å². The van der Waals surface area contributed by atoms with Crippen LogP contribution in [0.4, 0.5) is 0 Å². The molecule has 0 atom stereocenters. The average molecular weight is 391 g/mol. The van der Waals surface area contributed by atoms with E-state index >= 15 is 0 Å². The maximum Gasteiger partial charge on any atom is 0.333 e. The van der Waals surface area contributed by atoms with E-state index in [0.29, 0.717) is 29.9 Å². The number of hydrogen-bond acceptors (Lipinski definition) is 5. The Morgan fingerprint density at radius 2 is 1.52 bits per heavy atom. The standard InChI is InChI=1S/C24H25NO4/c1-18(2)24(27)28-16-6-4-3-5-7-23(26)29-22-14-12-21(13-15-22)20-10-8-19(17-25)9-11-20/h8-15H,1,3-7,16H2,2H3. The highest BCUT2D eigenvalue weighted by atomic mass is 16.5. The van der Waals surface area contributed by atoms with E-state index in [-0.39, 0.29) is 11.9 Å². The third-order valence-electron chi connectivity index (χ3n) is 4.29. The van der Waals surface area contributed by atoms with E-state index in [1.54, 1.807) is 31.2 Å². The first-order valence-corrected chi connectivity index (χ1v) is 9.63. The summed E-state index contributed by atoms with van der Waals surface area (Å²) in [5, 5.41) is 8.85. The van der Waals surface area contributed by atoms with Crippen LogP contribution in [0.25, 0.3) is 11.1 Å². The van der Waals surface area contributed by atoms with Crippen LogP contribution in [-0.2, 0) is 14.3 Å². The van der Waals surface area contributed by atoms with Gasteiger partial charge in [-0.3, -0.25) is 4.79 Å². The van der Waals surface area contributed by atoms with Crippen molar-refractivity contribution in [3.63, 3.8) is 0 Å². The Morgan fingerprint density at radius 1 is 0.931 bits per heavy atom. The molecule has 5 heteroatoms. The fourth-order valence-electron chi connectivity index (χ4n) is 2.65. The molecular weight excluding hydrogens is 366 g/mol. The molecule has 29 heavy (non-hydrogen) atoms. The molecule has 0 aromatic heterocycles. The van der Waals surface area contributed by atoms with Crippen LogP contribution < -0.4 is 4.74 Å². The van der Waals surface area contributed by atoms with Crippen LogP contribution in [0, 0.1) is 11.3 Å². The Morgan fingerprint density at radius 3 is 2.10 bits per heavy atom. The fraction of sp³-hybridized carbons (Fsp3) is 0.292. The Hall–Kier alpha value is -3.39. The first-order chi connectivity index (χ1) is 14.0. The third-order valence-corrected chi connectivity index (χ3v) is 4.29. The lowest BCUT2D eigenvalue weighted by molar-refractivity contribution is -0.139. The Balaban J connectivity index is 1.67. The van der Waals surface area contributed by atoms with Crippen molar-refractivity contribution in [2.24, 2.45) is 0 Å². The Labute approximate surface area is 171 Å². The summed E-state index contributed by atoms with van der Waals surface area (Å²) in [5.41, 5.74) is 3.00. The molecule has 0 aliphatic rings. The summed E-state index contributed by atoms with van der Waals surface area (Å²) >= 11 is 0. The van der Waals surface area contributed by atoms with Crippen LogP contribution in [0.5, 0.6) is 5.75 Å². The van der Waals surface area contributed by atoms with Crippen LogP contribution >= 0.6 is 0 Å². The molecule has 0 aliphatic heterocycles. The molecule has 150 valence electrons. The Kier molecular flexibility index (Phi) is 8.65. The van der Waals surface area contributed by atoms with Gasteiger partial charge < -0.3 is 9.47 Å². The topological polar surface area (TPSA) is 76.4 Å². The first-order valence-electron chi connectivity index (χ1n) is 9.63. The van der Waals surface area contributed by atoms with Gasteiger partial charge in [0.2, 0.25) is 0 Å². The summed E-state index contributed by atoms with van der Waals surface area (Å²) in [6, 6.07) is 16.7. The molecule has 0 radical (unpaired) electrons. The summed E-state index contributed by atoms with van der Waals surface area (Å²) in [6.07, 6.45) is 3.61. The number of ether oxygens (including phenoxy) is 2. The van der Waals surface area contributed by atoms with Crippen LogP contribution in [0.15, 0.2) is 60.7 Å². The predicted octanol–water partition coefficient (Wildman–Crippen LogP) is 5.20. The zero-order valence-corrected chi connectivity index (χ0v) is 16.6. The summed E-state index contributed by atoms with van der Waals surface area (Å²) in [4.78, 5) is 23.2. The van der Waals surface area contributed by atoms with Crippen LogP contribution in [0.3, 0.4) is 0 Å². The maximum atomic E-state index is 12.0. The number of nitriles is 1. The normalized spacial score (nSPS) is 10.1. The lowest BCUT2D eigenvalue weighted by Gasteiger charge is -2.07. The molecule has 2 aromatic rings. The van der Waals surface area contributed by atoms with Gasteiger partial charge in [0.1, 0.15) is 5.75 Å². The molecule has 2 rings (SSSR count). The van der Waals surface area contributed by atoms with Gasteiger partial charge in [-0.25, -0.2) is 4.79 Å². The second-order valence-corrected chi connectivity index (χ2v) is 6.77. The molecule has 0 heterocycles. The van der Waals surface area contributed by atoms with Gasteiger partial charge in [0.15, 0.2) is 0 Å². The molecule has 0 N–H and O–H groups in total. The molecule has 2 aromatic carbocycles. The number of hydrogen-bond donors (Lipinski definition) is 0.